The number of allylic oxidation sites excluding steroid dienone is 1. The van der Waals surface area contributed by atoms with Crippen LogP contribution >= 0.6 is 0 Å². The van der Waals surface area contributed by atoms with Crippen molar-refractivity contribution in [3.8, 4) is 11.8 Å². The summed E-state index contributed by atoms with van der Waals surface area (Å²) in [6.45, 7) is 0.538. The van der Waals surface area contributed by atoms with E-state index < -0.39 is 0 Å². The molecule has 7 heteroatoms. The van der Waals surface area contributed by atoms with Crippen LogP contribution in [-0.4, -0.2) is 15.0 Å². The number of hydrogen-bond donors (Lipinski definition) is 2. The highest BCUT2D eigenvalue weighted by Gasteiger charge is 2.21. The van der Waals surface area contributed by atoms with E-state index in [1.807, 2.05) is 36.4 Å². The number of nitrogens with one attached hydrogen (secondary N) is 2. The van der Waals surface area contributed by atoms with Crippen LogP contribution in [0.5, 0.6) is 5.75 Å². The van der Waals surface area contributed by atoms with Crippen molar-refractivity contribution in [2.45, 2.75) is 6.54 Å². The number of nitrogens with zero attached hydrogens (tertiary/aromatic N) is 4. The second-order valence-corrected chi connectivity index (χ2v) is 5.52. The zero-order valence-electron chi connectivity index (χ0n) is 13.7. The second kappa shape index (κ2) is 6.91. The molecule has 0 amide bonds. The first-order valence-corrected chi connectivity index (χ1v) is 7.98. The molecule has 7 nitrogen and oxygen atoms in total. The lowest BCUT2D eigenvalue weighted by Gasteiger charge is -2.07. The predicted octanol–water partition coefficient (Wildman–Crippen LogP) is 3.18. The molecule has 26 heavy (non-hydrogen) atoms. The summed E-state index contributed by atoms with van der Waals surface area (Å²) in [5.74, 6) is 1.47. The van der Waals surface area contributed by atoms with Gasteiger partial charge in [0.25, 0.3) is 0 Å². The van der Waals surface area contributed by atoms with E-state index in [1.54, 1.807) is 24.7 Å². The normalized spacial score (nSPS) is 13.8. The van der Waals surface area contributed by atoms with Crippen molar-refractivity contribution in [1.82, 2.24) is 15.0 Å². The van der Waals surface area contributed by atoms with E-state index in [4.69, 9.17) is 4.74 Å². The van der Waals surface area contributed by atoms with Gasteiger partial charge in [0, 0.05) is 25.1 Å². The third kappa shape index (κ3) is 3.16. The van der Waals surface area contributed by atoms with Crippen molar-refractivity contribution < 1.29 is 4.74 Å². The molecule has 2 aromatic heterocycles. The number of para-hydroxylation sites is 2. The number of aromatic nitrogens is 3. The average Bonchev–Trinajstić information content (AvgIpc) is 3.12. The maximum absolute atomic E-state index is 9.60. The van der Waals surface area contributed by atoms with Gasteiger partial charge in [-0.15, -0.1) is 0 Å². The Balaban J connectivity index is 1.57. The summed E-state index contributed by atoms with van der Waals surface area (Å²) in [7, 11) is 0. The summed E-state index contributed by atoms with van der Waals surface area (Å²) < 4.78 is 5.74. The number of anilines is 2. The Morgan fingerprint density at radius 2 is 2.08 bits per heavy atom. The van der Waals surface area contributed by atoms with E-state index >= 15 is 0 Å². The summed E-state index contributed by atoms with van der Waals surface area (Å²) in [6.07, 6.45) is 5.10. The number of fused-ring (bicyclic) bond motifs is 1. The molecule has 0 unspecified atom stereocenters. The van der Waals surface area contributed by atoms with Gasteiger partial charge in [-0.25, -0.2) is 9.97 Å². The fourth-order valence-electron chi connectivity index (χ4n) is 2.52. The van der Waals surface area contributed by atoms with Crippen molar-refractivity contribution in [2.24, 2.45) is 0 Å². The number of ether oxygens (including phenoxy) is 1. The van der Waals surface area contributed by atoms with Crippen molar-refractivity contribution in [2.75, 3.05) is 10.6 Å². The number of benzene rings is 1. The fraction of sp³-hybridized carbons (Fsp3) is 0.0526. The third-order valence-electron chi connectivity index (χ3n) is 3.77. The van der Waals surface area contributed by atoms with Gasteiger partial charge in [-0.05, 0) is 29.8 Å². The molecule has 0 aliphatic carbocycles. The van der Waals surface area contributed by atoms with Gasteiger partial charge in [-0.2, -0.15) is 5.26 Å². The van der Waals surface area contributed by atoms with Crippen LogP contribution < -0.4 is 15.4 Å². The molecule has 0 bridgehead atoms. The molecule has 0 saturated carbocycles. The summed E-state index contributed by atoms with van der Waals surface area (Å²) in [4.78, 5) is 12.7. The van der Waals surface area contributed by atoms with Gasteiger partial charge in [0.2, 0.25) is 11.8 Å². The number of nitriles is 1. The molecule has 1 aromatic carbocycles. The zero-order chi connectivity index (χ0) is 17.8. The highest BCUT2D eigenvalue weighted by Crippen LogP contribution is 2.35. The van der Waals surface area contributed by atoms with Crippen molar-refractivity contribution in [3.63, 3.8) is 0 Å². The predicted molar refractivity (Wildman–Crippen MR) is 96.8 cm³/mol. The van der Waals surface area contributed by atoms with Gasteiger partial charge in [-0.1, -0.05) is 18.2 Å². The number of rotatable bonds is 4. The van der Waals surface area contributed by atoms with Gasteiger partial charge < -0.3 is 15.4 Å². The average molecular weight is 342 g/mol. The summed E-state index contributed by atoms with van der Waals surface area (Å²) in [5, 5.41) is 15.8. The van der Waals surface area contributed by atoms with E-state index in [9.17, 15) is 5.26 Å². The Labute approximate surface area is 150 Å². The molecule has 0 saturated heterocycles. The van der Waals surface area contributed by atoms with E-state index in [-0.39, 0.29) is 0 Å². The van der Waals surface area contributed by atoms with E-state index in [0.717, 1.165) is 11.3 Å². The molecular weight excluding hydrogens is 328 g/mol. The Morgan fingerprint density at radius 3 is 2.88 bits per heavy atom. The highest BCUT2D eigenvalue weighted by atomic mass is 16.5. The lowest BCUT2D eigenvalue weighted by molar-refractivity contribution is 0.460. The van der Waals surface area contributed by atoms with Gasteiger partial charge in [0.1, 0.15) is 11.6 Å². The Morgan fingerprint density at radius 1 is 1.15 bits per heavy atom. The minimum absolute atomic E-state index is 0.313. The van der Waals surface area contributed by atoms with Crippen molar-refractivity contribution in [3.05, 3.63) is 78.2 Å². The molecule has 0 radical (unpaired) electrons. The third-order valence-corrected chi connectivity index (χ3v) is 3.77. The van der Waals surface area contributed by atoms with Crippen molar-refractivity contribution >= 4 is 17.2 Å². The molecule has 3 heterocycles. The molecule has 4 rings (SSSR count). The van der Waals surface area contributed by atoms with Gasteiger partial charge in [0.15, 0.2) is 5.75 Å². The smallest absolute Gasteiger partial charge is 0.223 e. The lowest BCUT2D eigenvalue weighted by atomic mass is 10.2. The van der Waals surface area contributed by atoms with Crippen LogP contribution in [0.3, 0.4) is 0 Å². The number of pyridine rings is 1. The fourth-order valence-corrected chi connectivity index (χ4v) is 2.52. The molecular formula is C19H14N6O. The standard InChI is InChI=1S/C19H14N6O/c20-10-14(18-24-16-5-1-2-6-17(16)26-18)15-7-9-22-19(25-15)23-12-13-4-3-8-21-11-13/h1-9,11,24H,12H2,(H,22,23,25)/b18-14-. The molecule has 0 fully saturated rings. The summed E-state index contributed by atoms with van der Waals surface area (Å²) >= 11 is 0. The van der Waals surface area contributed by atoms with E-state index in [2.05, 4.69) is 31.7 Å². The zero-order valence-corrected chi connectivity index (χ0v) is 13.7. The number of hydrogen-bond acceptors (Lipinski definition) is 7. The van der Waals surface area contributed by atoms with E-state index in [1.165, 1.54) is 0 Å². The van der Waals surface area contributed by atoms with Crippen LogP contribution in [0.4, 0.5) is 11.6 Å². The lowest BCUT2D eigenvalue weighted by Crippen LogP contribution is -2.07. The van der Waals surface area contributed by atoms with E-state index in [0.29, 0.717) is 35.4 Å². The maximum atomic E-state index is 9.60. The second-order valence-electron chi connectivity index (χ2n) is 5.52. The Hall–Kier alpha value is -3.92. The first kappa shape index (κ1) is 15.6. The maximum Gasteiger partial charge on any atom is 0.223 e. The first-order valence-electron chi connectivity index (χ1n) is 7.98. The molecule has 3 aromatic rings. The van der Waals surface area contributed by atoms with Crippen LogP contribution in [0.2, 0.25) is 0 Å². The van der Waals surface area contributed by atoms with Gasteiger partial charge >= 0.3 is 0 Å². The van der Waals surface area contributed by atoms with Gasteiger partial charge in [-0.3, -0.25) is 4.98 Å². The topological polar surface area (TPSA) is 95.8 Å². The minimum atomic E-state index is 0.313. The summed E-state index contributed by atoms with van der Waals surface area (Å²) in [5.41, 5.74) is 2.62. The highest BCUT2D eigenvalue weighted by molar-refractivity contribution is 5.81. The Bertz CT molecular complexity index is 983. The molecule has 1 aliphatic rings. The Kier molecular flexibility index (Phi) is 4.14. The van der Waals surface area contributed by atoms with Crippen LogP contribution in [0.1, 0.15) is 11.3 Å². The van der Waals surface area contributed by atoms with Gasteiger partial charge in [0.05, 0.1) is 11.4 Å². The summed E-state index contributed by atoms with van der Waals surface area (Å²) in [6, 6.07) is 15.2. The SMILES string of the molecule is N#C/C(=C1\Nc2ccccc2O1)c1ccnc(NCc2cccnc2)n1. The monoisotopic (exact) mass is 342 g/mol. The van der Waals surface area contributed by atoms with Crippen LogP contribution in [-0.2, 0) is 6.54 Å². The van der Waals surface area contributed by atoms with Crippen LogP contribution in [0, 0.1) is 11.3 Å². The molecule has 126 valence electrons. The molecule has 0 spiro atoms. The van der Waals surface area contributed by atoms with Crippen molar-refractivity contribution in [1.29, 1.82) is 5.26 Å². The molecule has 2 N–H and O–H groups in total. The first-order chi connectivity index (χ1) is 12.8. The van der Waals surface area contributed by atoms with Crippen LogP contribution in [0.25, 0.3) is 5.57 Å². The van der Waals surface area contributed by atoms with Crippen LogP contribution in [0.15, 0.2) is 66.9 Å². The quantitative estimate of drug-likeness (QED) is 0.703. The minimum Gasteiger partial charge on any atom is -0.437 e. The molecule has 1 aliphatic heterocycles. The molecule has 0 atom stereocenters. The largest absolute Gasteiger partial charge is 0.437 e.